The van der Waals surface area contributed by atoms with Crippen molar-refractivity contribution in [3.8, 4) is 51.6 Å². The first-order chi connectivity index (χ1) is 50.6. The van der Waals surface area contributed by atoms with E-state index in [1.54, 1.807) is 0 Å². The van der Waals surface area contributed by atoms with Crippen LogP contribution in [0.3, 0.4) is 0 Å². The summed E-state index contributed by atoms with van der Waals surface area (Å²) >= 11 is 28.2. The molecular formula is C66H30Br3Cl3F15N3O15S3. The number of hydrogen-bond donors (Lipinski definition) is 0. The summed E-state index contributed by atoms with van der Waals surface area (Å²) in [5, 5.41) is 1.13. The average Bonchev–Trinajstić information content (AvgIpc) is 0.764. The van der Waals surface area contributed by atoms with Crippen molar-refractivity contribution < 1.29 is 118 Å². The van der Waals surface area contributed by atoms with Crippen molar-refractivity contribution in [2.24, 2.45) is 0 Å². The Labute approximate surface area is 634 Å². The lowest BCUT2D eigenvalue weighted by atomic mass is 10.2. The first kappa shape index (κ1) is 81.0. The molecule has 0 spiro atoms. The highest BCUT2D eigenvalue weighted by Gasteiger charge is 2.35. The van der Waals surface area contributed by atoms with Gasteiger partial charge < -0.3 is 26.8 Å². The Kier molecular flexibility index (Phi) is 23.4. The molecule has 0 aliphatic heterocycles. The van der Waals surface area contributed by atoms with Crippen molar-refractivity contribution in [3.63, 3.8) is 0 Å². The highest BCUT2D eigenvalue weighted by molar-refractivity contribution is 9.11. The number of methoxy groups -OCH3 is 3. The molecule has 18 nitrogen and oxygen atoms in total. The van der Waals surface area contributed by atoms with Gasteiger partial charge in [0.2, 0.25) is 105 Å². The van der Waals surface area contributed by atoms with E-state index in [0.717, 1.165) is 54.6 Å². The molecule has 42 heteroatoms. The molecule has 0 N–H and O–H groups in total. The summed E-state index contributed by atoms with van der Waals surface area (Å²) in [4.78, 5) is 36.1. The SMILES string of the molecule is COc1cc(Br)c(Cl)cc1-n1c(=O)ccc2cc(S(=O)(=O)Oc3c(F)c(F)c(F)c(F)c3F)ccc21.COc1cc(Br)c(Cl)cc1-n1c(=O)ccc2cc(S(=O)(=O)Oc3c(F)c(F)c(F)c(F)c3F)ccc21.COc1cc(Br)c(Cl)cc1-n1c(=O)ccc2cc(S(=O)(=O)Oc3c(F)c(F)c(F)c(F)c3F)ccc21. The summed E-state index contributed by atoms with van der Waals surface area (Å²) in [6, 6.07) is 25.2. The molecule has 9 aromatic carbocycles. The molecule has 0 unspecified atom stereocenters. The third kappa shape index (κ3) is 15.4. The third-order valence-corrected chi connectivity index (χ3v) is 22.2. The smallest absolute Gasteiger partial charge is 0.339 e. The Morgan fingerprint density at radius 3 is 0.704 bits per heavy atom. The van der Waals surface area contributed by atoms with Gasteiger partial charge in [-0.1, -0.05) is 34.8 Å². The fourth-order valence-electron chi connectivity index (χ4n) is 9.90. The Morgan fingerprint density at radius 1 is 0.296 bits per heavy atom. The molecule has 564 valence electrons. The molecule has 0 bridgehead atoms. The van der Waals surface area contributed by atoms with Crippen LogP contribution in [0.15, 0.2) is 170 Å². The van der Waals surface area contributed by atoms with Crippen LogP contribution in [0.25, 0.3) is 49.8 Å². The summed E-state index contributed by atoms with van der Waals surface area (Å²) in [5.41, 5.74) is -0.427. The molecule has 0 aliphatic rings. The lowest BCUT2D eigenvalue weighted by molar-refractivity contribution is 0.346. The second kappa shape index (κ2) is 31.2. The van der Waals surface area contributed by atoms with Crippen molar-refractivity contribution in [2.45, 2.75) is 14.7 Å². The Hall–Kier alpha value is -9.48. The first-order valence-electron chi connectivity index (χ1n) is 28.6. The van der Waals surface area contributed by atoms with E-state index in [2.05, 4.69) is 60.3 Å². The van der Waals surface area contributed by atoms with E-state index >= 15 is 0 Å². The zero-order valence-corrected chi connectivity index (χ0v) is 62.2. The van der Waals surface area contributed by atoms with Gasteiger partial charge in [-0.05, 0) is 157 Å². The van der Waals surface area contributed by atoms with Gasteiger partial charge in [0.15, 0.2) is 0 Å². The van der Waals surface area contributed by atoms with Gasteiger partial charge in [-0.2, -0.15) is 51.6 Å². The Bertz CT molecular complexity index is 5700. The van der Waals surface area contributed by atoms with Gasteiger partial charge in [-0.15, -0.1) is 0 Å². The topological polar surface area (TPSA) is 224 Å². The van der Waals surface area contributed by atoms with E-state index in [1.165, 1.54) is 108 Å². The van der Waals surface area contributed by atoms with Crippen molar-refractivity contribution in [2.75, 3.05) is 21.3 Å². The van der Waals surface area contributed by atoms with Gasteiger partial charge in [0.1, 0.15) is 31.9 Å². The molecule has 12 aromatic rings. The predicted molar refractivity (Wildman–Crippen MR) is 369 cm³/mol. The van der Waals surface area contributed by atoms with Gasteiger partial charge in [-0.3, -0.25) is 28.1 Å². The maximum Gasteiger partial charge on any atom is 0.339 e. The Balaban J connectivity index is 0.000000173. The number of pyridine rings is 3. The molecule has 3 aromatic heterocycles. The van der Waals surface area contributed by atoms with Crippen LogP contribution in [0.2, 0.25) is 15.1 Å². The standard InChI is InChI=1S/3C22H10BrClF5NO5S/c3*1-34-15-7-11(23)12(24)8-14(15)30-13-4-3-10(6-9(13)2-5-16(30)31)36(32,33)35-22-20(28)18(26)17(25)19(27)21(22)29/h3*2-8H,1H3. The minimum absolute atomic E-state index is 0.137. The summed E-state index contributed by atoms with van der Waals surface area (Å²) in [6.07, 6.45) is 0. The second-order valence-electron chi connectivity index (χ2n) is 21.3. The zero-order chi connectivity index (χ0) is 79.6. The number of fused-ring (bicyclic) bond motifs is 3. The average molecular weight is 1830 g/mol. The van der Waals surface area contributed by atoms with Crippen LogP contribution in [-0.4, -0.2) is 60.3 Å². The van der Waals surface area contributed by atoms with E-state index in [4.69, 9.17) is 49.0 Å². The van der Waals surface area contributed by atoms with Crippen molar-refractivity contribution >= 4 is 146 Å². The van der Waals surface area contributed by atoms with Crippen LogP contribution >= 0.6 is 82.6 Å². The fourth-order valence-corrected chi connectivity index (χ4v) is 14.2. The number of aromatic nitrogens is 3. The number of ether oxygens (including phenoxy) is 3. The van der Waals surface area contributed by atoms with Crippen molar-refractivity contribution in [1.82, 2.24) is 13.7 Å². The second-order valence-corrected chi connectivity index (χ2v) is 29.7. The molecule has 12 rings (SSSR count). The van der Waals surface area contributed by atoms with E-state index in [-0.39, 0.29) is 82.1 Å². The molecule has 0 atom stereocenters. The van der Waals surface area contributed by atoms with Crippen LogP contribution in [-0.2, 0) is 30.4 Å². The molecule has 0 fully saturated rings. The van der Waals surface area contributed by atoms with Crippen LogP contribution in [0.4, 0.5) is 65.9 Å². The Morgan fingerprint density at radius 2 is 0.500 bits per heavy atom. The van der Waals surface area contributed by atoms with Gasteiger partial charge in [0.05, 0.1) is 70.0 Å². The number of rotatable bonds is 15. The fraction of sp³-hybridized carbons (Fsp3) is 0.0455. The van der Waals surface area contributed by atoms with Gasteiger partial charge in [-0.25, -0.2) is 39.5 Å². The largest absolute Gasteiger partial charge is 0.495 e. The first-order valence-corrected chi connectivity index (χ1v) is 36.3. The van der Waals surface area contributed by atoms with Gasteiger partial charge in [0, 0.05) is 47.8 Å². The van der Waals surface area contributed by atoms with Crippen LogP contribution in [0.5, 0.6) is 34.5 Å². The summed E-state index contributed by atoms with van der Waals surface area (Å²) in [7, 11) is -11.2. The number of benzene rings is 9. The lowest BCUT2D eigenvalue weighted by Gasteiger charge is -2.16. The van der Waals surface area contributed by atoms with Crippen molar-refractivity contribution in [1.29, 1.82) is 0 Å². The predicted octanol–water partition coefficient (Wildman–Crippen LogP) is 17.6. The molecule has 0 saturated heterocycles. The molecule has 108 heavy (non-hydrogen) atoms. The van der Waals surface area contributed by atoms with Gasteiger partial charge >= 0.3 is 30.4 Å². The zero-order valence-electron chi connectivity index (χ0n) is 52.8. The van der Waals surface area contributed by atoms with Crippen LogP contribution < -0.4 is 43.4 Å². The molecule has 0 radical (unpaired) electrons. The maximum atomic E-state index is 13.9. The highest BCUT2D eigenvalue weighted by atomic mass is 79.9. The quantitative estimate of drug-likeness (QED) is 0.0403. The number of halogens is 21. The highest BCUT2D eigenvalue weighted by Crippen LogP contribution is 2.41. The van der Waals surface area contributed by atoms with E-state index in [9.17, 15) is 105 Å². The van der Waals surface area contributed by atoms with Gasteiger partial charge in [0.25, 0.3) is 16.7 Å². The van der Waals surface area contributed by atoms with Crippen LogP contribution in [0.1, 0.15) is 0 Å². The summed E-state index contributed by atoms with van der Waals surface area (Å²) in [6.45, 7) is 0. The minimum atomic E-state index is -5.08. The molecule has 0 amide bonds. The molecule has 3 heterocycles. The minimum Gasteiger partial charge on any atom is -0.495 e. The third-order valence-electron chi connectivity index (χ3n) is 14.9. The maximum absolute atomic E-state index is 13.9. The van der Waals surface area contributed by atoms with E-state index in [1.807, 2.05) is 0 Å². The van der Waals surface area contributed by atoms with Crippen molar-refractivity contribution in [3.05, 3.63) is 274 Å². The monoisotopic (exact) mass is 1830 g/mol. The molecule has 0 saturated carbocycles. The van der Waals surface area contributed by atoms with Crippen LogP contribution in [0, 0.1) is 87.3 Å². The summed E-state index contributed by atoms with van der Waals surface area (Å²) < 4.78 is 314. The molecular weight excluding hydrogens is 1800 g/mol. The van der Waals surface area contributed by atoms with E-state index < -0.39 is 166 Å². The number of nitrogens with zero attached hydrogens (tertiary/aromatic N) is 3. The lowest BCUT2D eigenvalue weighted by Crippen LogP contribution is -2.19. The normalized spacial score (nSPS) is 11.7. The summed E-state index contributed by atoms with van der Waals surface area (Å²) in [5.74, 6) is -41.6. The molecule has 0 aliphatic carbocycles. The van der Waals surface area contributed by atoms with E-state index in [0.29, 0.717) is 13.4 Å². The number of hydrogen-bond acceptors (Lipinski definition) is 15.